The molecule has 7 rings (SSSR count). The monoisotopic (exact) mass is 774 g/mol. The van der Waals surface area contributed by atoms with Crippen molar-refractivity contribution in [3.05, 3.63) is 50.6 Å². The summed E-state index contributed by atoms with van der Waals surface area (Å²) in [7, 11) is 2.15. The van der Waals surface area contributed by atoms with E-state index >= 15 is 0 Å². The van der Waals surface area contributed by atoms with Crippen molar-refractivity contribution in [2.45, 2.75) is 76.0 Å². The van der Waals surface area contributed by atoms with Gasteiger partial charge in [0.1, 0.15) is 18.4 Å². The molecular weight excluding hydrogens is 741 g/mol. The zero-order valence-corrected chi connectivity index (χ0v) is 29.0. The van der Waals surface area contributed by atoms with E-state index < -0.39 is 12.1 Å². The number of fused-ring (bicyclic) bond motifs is 9. The molecule has 8 nitrogen and oxygen atoms in total. The van der Waals surface area contributed by atoms with Crippen LogP contribution in [0.15, 0.2) is 6.07 Å². The summed E-state index contributed by atoms with van der Waals surface area (Å²) in [5.41, 5.74) is 8.83. The standard InChI is InChI=1S/C30H33N3O5S.Ac/c1-13-8-17-9-18-19(10-31)33-20-11-36-21(34)6-7-39-30(26(33)25(32(18)5)22(17)15(3)14(13)2)24-23(20)29-28(37-12-38-29)16(4)27(24)35;/h8,18-20,25-26,30,35H,6-7,9,11-12H2,1-5H3;/t18-,19+,20-,25-,26?,30-;/m1./s1. The maximum atomic E-state index is 12.6. The van der Waals surface area contributed by atoms with Gasteiger partial charge < -0.3 is 19.3 Å². The smallest absolute Gasteiger partial charge is 0.306 e. The SMILES string of the molecule is Cc1cc2c(c(C)c1C)[C@@H]1C3[C@@H]4SCCC(=O)OC[C@H](c5c6c(c(C)c(O)c54)OCO6)N3[C@@H](C#N)[C@@H](C2)N1C.[Ac]. The van der Waals surface area contributed by atoms with E-state index in [1.165, 1.54) is 27.8 Å². The van der Waals surface area contributed by atoms with E-state index in [9.17, 15) is 15.2 Å². The number of nitriles is 1. The molecule has 0 amide bonds. The molecule has 2 aromatic carbocycles. The number of cyclic esters (lactones) is 1. The van der Waals surface area contributed by atoms with E-state index in [2.05, 4.69) is 49.8 Å². The molecule has 0 saturated carbocycles. The van der Waals surface area contributed by atoms with Gasteiger partial charge in [-0.25, -0.2) is 0 Å². The topological polar surface area (TPSA) is 95.3 Å². The maximum absolute atomic E-state index is 12.6. The third kappa shape index (κ3) is 3.84. The largest absolute Gasteiger partial charge is 0.507 e. The molecule has 40 heavy (non-hydrogen) atoms. The molecule has 6 atom stereocenters. The fourth-order valence-electron chi connectivity index (χ4n) is 7.84. The summed E-state index contributed by atoms with van der Waals surface area (Å²) in [6, 6.07) is 3.96. The van der Waals surface area contributed by atoms with Crippen molar-refractivity contribution in [3.8, 4) is 23.3 Å². The van der Waals surface area contributed by atoms with Gasteiger partial charge in [-0.1, -0.05) is 6.07 Å². The molecule has 207 valence electrons. The van der Waals surface area contributed by atoms with Crippen molar-refractivity contribution in [2.24, 2.45) is 0 Å². The molecule has 0 spiro atoms. The zero-order chi connectivity index (χ0) is 27.3. The second-order valence-corrected chi connectivity index (χ2v) is 12.8. The van der Waals surface area contributed by atoms with Crippen LogP contribution in [0.25, 0.3) is 0 Å². The molecule has 10 heteroatoms. The number of rotatable bonds is 0. The number of hydrogen-bond donors (Lipinski definition) is 1. The maximum Gasteiger partial charge on any atom is 0.306 e. The number of carbonyl (C=O) groups excluding carboxylic acids is 1. The van der Waals surface area contributed by atoms with Crippen molar-refractivity contribution in [2.75, 3.05) is 26.2 Å². The Morgan fingerprint density at radius 1 is 1.05 bits per heavy atom. The summed E-state index contributed by atoms with van der Waals surface area (Å²) in [6.07, 6.45) is 1.08. The summed E-state index contributed by atoms with van der Waals surface area (Å²) in [5.74, 6) is 1.68. The van der Waals surface area contributed by atoms with Crippen LogP contribution in [0.5, 0.6) is 17.2 Å². The Morgan fingerprint density at radius 3 is 2.55 bits per heavy atom. The van der Waals surface area contributed by atoms with Gasteiger partial charge in [-0.2, -0.15) is 17.0 Å². The first kappa shape index (κ1) is 28.6. The van der Waals surface area contributed by atoms with Crippen molar-refractivity contribution >= 4 is 17.7 Å². The minimum atomic E-state index is -0.442. The van der Waals surface area contributed by atoms with Crippen LogP contribution in [0.1, 0.15) is 68.3 Å². The van der Waals surface area contributed by atoms with Gasteiger partial charge in [0.15, 0.2) is 11.5 Å². The van der Waals surface area contributed by atoms with E-state index in [4.69, 9.17) is 14.2 Å². The van der Waals surface area contributed by atoms with Crippen molar-refractivity contribution in [1.29, 1.82) is 5.26 Å². The van der Waals surface area contributed by atoms with Gasteiger partial charge in [-0.3, -0.25) is 14.6 Å². The number of aryl methyl sites for hydroxylation is 1. The Morgan fingerprint density at radius 2 is 1.80 bits per heavy atom. The second kappa shape index (κ2) is 10.3. The van der Waals surface area contributed by atoms with Crippen LogP contribution in [-0.4, -0.2) is 65.2 Å². The fourth-order valence-corrected chi connectivity index (χ4v) is 9.27. The van der Waals surface area contributed by atoms with Gasteiger partial charge in [0.2, 0.25) is 6.79 Å². The summed E-state index contributed by atoms with van der Waals surface area (Å²) in [6.45, 7) is 8.61. The van der Waals surface area contributed by atoms with Crippen LogP contribution in [-0.2, 0) is 16.0 Å². The van der Waals surface area contributed by atoms with Crippen LogP contribution >= 0.6 is 11.8 Å². The molecule has 2 fully saturated rings. The molecule has 5 heterocycles. The van der Waals surface area contributed by atoms with Crippen LogP contribution in [0, 0.1) is 83.1 Å². The molecule has 2 aromatic rings. The normalized spacial score (nSPS) is 30.4. The number of ether oxygens (including phenoxy) is 3. The van der Waals surface area contributed by atoms with E-state index in [1.54, 1.807) is 11.8 Å². The minimum absolute atomic E-state index is 0. The molecule has 1 unspecified atom stereocenters. The van der Waals surface area contributed by atoms with E-state index in [1.807, 2.05) is 6.92 Å². The number of phenols is 1. The van der Waals surface area contributed by atoms with E-state index in [0.29, 0.717) is 29.2 Å². The van der Waals surface area contributed by atoms with Gasteiger partial charge in [0.25, 0.3) is 0 Å². The van der Waals surface area contributed by atoms with Crippen molar-refractivity contribution in [3.63, 3.8) is 0 Å². The first-order valence-electron chi connectivity index (χ1n) is 13.6. The number of hydrogen-bond acceptors (Lipinski definition) is 9. The first-order chi connectivity index (χ1) is 18.7. The number of piperazine rings is 1. The van der Waals surface area contributed by atoms with Gasteiger partial charge in [0.05, 0.1) is 29.8 Å². The predicted molar refractivity (Wildman–Crippen MR) is 146 cm³/mol. The van der Waals surface area contributed by atoms with Crippen LogP contribution in [0.4, 0.5) is 0 Å². The number of esters is 1. The number of thioether (sulfide) groups is 1. The Labute approximate surface area is 274 Å². The number of likely N-dealkylation sites (N-methyl/N-ethyl adjacent to an activating group) is 1. The minimum Gasteiger partial charge on any atom is -0.507 e. The Bertz CT molecular complexity index is 1470. The van der Waals surface area contributed by atoms with E-state index in [-0.39, 0.29) is 92.6 Å². The Hall–Kier alpha value is -1.49. The molecule has 4 bridgehead atoms. The Kier molecular flexibility index (Phi) is 7.41. The third-order valence-electron chi connectivity index (χ3n) is 9.86. The van der Waals surface area contributed by atoms with Gasteiger partial charge >= 0.3 is 5.97 Å². The average molecular weight is 775 g/mol. The van der Waals surface area contributed by atoms with Crippen LogP contribution < -0.4 is 9.47 Å². The van der Waals surface area contributed by atoms with Gasteiger partial charge in [-0.15, -0.1) is 0 Å². The second-order valence-electron chi connectivity index (χ2n) is 11.5. The van der Waals surface area contributed by atoms with E-state index in [0.717, 1.165) is 17.5 Å². The molecule has 5 aliphatic rings. The summed E-state index contributed by atoms with van der Waals surface area (Å²) in [4.78, 5) is 17.4. The summed E-state index contributed by atoms with van der Waals surface area (Å²) < 4.78 is 17.7. The molecule has 1 radical (unpaired) electrons. The number of aromatic hydroxyl groups is 1. The molecule has 0 aliphatic carbocycles. The molecule has 2 saturated heterocycles. The van der Waals surface area contributed by atoms with Crippen LogP contribution in [0.2, 0.25) is 0 Å². The quantitative estimate of drug-likeness (QED) is 0.394. The fraction of sp³-hybridized carbons (Fsp3) is 0.533. The number of carbonyl (C=O) groups is 1. The molecule has 5 aliphatic heterocycles. The Balaban J connectivity index is 0.00000289. The molecule has 1 N–H and O–H groups in total. The summed E-state index contributed by atoms with van der Waals surface area (Å²) >= 11 is 1.67. The van der Waals surface area contributed by atoms with Crippen molar-refractivity contribution in [1.82, 2.24) is 9.80 Å². The molecular formula is C30H33AcN3O5S. The zero-order valence-electron chi connectivity index (χ0n) is 23.5. The van der Waals surface area contributed by atoms with Gasteiger partial charge in [-0.05, 0) is 69.0 Å². The average Bonchev–Trinajstić information content (AvgIpc) is 3.40. The van der Waals surface area contributed by atoms with Crippen LogP contribution in [0.3, 0.4) is 0 Å². The number of phenolic OH excluding ortho intramolecular Hbond substituents is 1. The predicted octanol–water partition coefficient (Wildman–Crippen LogP) is 4.30. The van der Waals surface area contributed by atoms with Crippen molar-refractivity contribution < 1.29 is 68.2 Å². The molecule has 0 aromatic heterocycles. The third-order valence-corrected chi connectivity index (χ3v) is 11.2. The first-order valence-corrected chi connectivity index (χ1v) is 14.7. The number of benzene rings is 2. The summed E-state index contributed by atoms with van der Waals surface area (Å²) in [5, 5.41) is 22.3. The van der Waals surface area contributed by atoms with Gasteiger partial charge in [0, 0.05) is 78.6 Å². The number of nitrogens with zero attached hydrogens (tertiary/aromatic N) is 3.